The normalized spacial score (nSPS) is 17.1. The molecule has 140 valence electrons. The van der Waals surface area contributed by atoms with Gasteiger partial charge in [-0.15, -0.1) is 0 Å². The van der Waals surface area contributed by atoms with Crippen LogP contribution in [0.5, 0.6) is 0 Å². The fraction of sp³-hybridized carbons (Fsp3) is 0.650. The summed E-state index contributed by atoms with van der Waals surface area (Å²) in [6, 6.07) is 9.07. The molecule has 1 atom stereocenters. The van der Waals surface area contributed by atoms with E-state index in [1.54, 1.807) is 0 Å². The lowest BCUT2D eigenvalue weighted by Gasteiger charge is -2.33. The summed E-state index contributed by atoms with van der Waals surface area (Å²) >= 11 is 0. The first kappa shape index (κ1) is 19.6. The molecule has 1 aromatic carbocycles. The Balaban J connectivity index is 1.97. The number of hydrogen-bond acceptors (Lipinski definition) is 3. The summed E-state index contributed by atoms with van der Waals surface area (Å²) in [6.45, 7) is 9.81. The number of benzene rings is 1. The topological polar surface area (TPSA) is 42.9 Å². The molecule has 5 heteroatoms. The molecule has 25 heavy (non-hydrogen) atoms. The van der Waals surface area contributed by atoms with Crippen LogP contribution >= 0.6 is 0 Å². The number of hydrogen-bond donors (Lipinski definition) is 2. The third-order valence-electron chi connectivity index (χ3n) is 5.32. The van der Waals surface area contributed by atoms with Gasteiger partial charge in [0, 0.05) is 37.9 Å². The molecule has 0 aliphatic carbocycles. The van der Waals surface area contributed by atoms with Crippen molar-refractivity contribution in [3.8, 4) is 0 Å². The summed E-state index contributed by atoms with van der Waals surface area (Å²) in [7, 11) is 6.03. The van der Waals surface area contributed by atoms with E-state index in [4.69, 9.17) is 0 Å². The maximum atomic E-state index is 4.38. The van der Waals surface area contributed by atoms with Crippen LogP contribution in [0.1, 0.15) is 45.2 Å². The highest BCUT2D eigenvalue weighted by Gasteiger charge is 2.21. The molecule has 1 heterocycles. The second-order valence-electron chi connectivity index (χ2n) is 7.79. The molecular weight excluding hydrogens is 310 g/mol. The Morgan fingerprint density at radius 1 is 1.28 bits per heavy atom. The van der Waals surface area contributed by atoms with Crippen molar-refractivity contribution >= 4 is 11.6 Å². The van der Waals surface area contributed by atoms with Crippen molar-refractivity contribution in [2.24, 2.45) is 4.99 Å². The van der Waals surface area contributed by atoms with Gasteiger partial charge >= 0.3 is 0 Å². The Kier molecular flexibility index (Phi) is 6.71. The first-order valence-electron chi connectivity index (χ1n) is 9.33. The van der Waals surface area contributed by atoms with Gasteiger partial charge in [-0.05, 0) is 65.4 Å². The monoisotopic (exact) mass is 345 g/mol. The van der Waals surface area contributed by atoms with E-state index < -0.39 is 0 Å². The molecule has 1 aliphatic heterocycles. The number of nitrogens with zero attached hydrogens (tertiary/aromatic N) is 3. The van der Waals surface area contributed by atoms with Gasteiger partial charge < -0.3 is 20.4 Å². The van der Waals surface area contributed by atoms with Gasteiger partial charge in [0.25, 0.3) is 0 Å². The lowest BCUT2D eigenvalue weighted by atomic mass is 10.0. The van der Waals surface area contributed by atoms with Crippen LogP contribution in [0.25, 0.3) is 0 Å². The minimum atomic E-state index is 0.0660. The Hall–Kier alpha value is -1.75. The van der Waals surface area contributed by atoms with E-state index in [0.717, 1.165) is 12.5 Å². The predicted molar refractivity (Wildman–Crippen MR) is 109 cm³/mol. The molecule has 2 rings (SSSR count). The van der Waals surface area contributed by atoms with Gasteiger partial charge in [-0.1, -0.05) is 12.1 Å². The van der Waals surface area contributed by atoms with Crippen LogP contribution in [0.4, 0.5) is 5.69 Å². The lowest BCUT2D eigenvalue weighted by Crippen LogP contribution is -2.51. The summed E-state index contributed by atoms with van der Waals surface area (Å²) in [5.74, 6) is 0.842. The first-order valence-corrected chi connectivity index (χ1v) is 9.33. The van der Waals surface area contributed by atoms with Crippen molar-refractivity contribution in [2.75, 3.05) is 45.7 Å². The zero-order valence-corrected chi connectivity index (χ0v) is 16.8. The molecule has 0 radical (unpaired) electrons. The van der Waals surface area contributed by atoms with Crippen molar-refractivity contribution in [3.63, 3.8) is 0 Å². The number of rotatable bonds is 6. The van der Waals surface area contributed by atoms with Crippen LogP contribution in [0.15, 0.2) is 29.3 Å². The van der Waals surface area contributed by atoms with Crippen molar-refractivity contribution in [1.82, 2.24) is 15.5 Å². The Bertz CT molecular complexity index is 573. The molecule has 0 spiro atoms. The molecule has 1 aromatic rings. The van der Waals surface area contributed by atoms with Crippen LogP contribution in [-0.2, 0) is 0 Å². The number of anilines is 1. The van der Waals surface area contributed by atoms with Crippen molar-refractivity contribution in [3.05, 3.63) is 29.8 Å². The molecule has 1 saturated heterocycles. The number of guanidine groups is 1. The number of aliphatic imine (C=N–C) groups is 1. The highest BCUT2D eigenvalue weighted by molar-refractivity contribution is 5.80. The summed E-state index contributed by atoms with van der Waals surface area (Å²) in [5.41, 5.74) is 2.69. The second-order valence-corrected chi connectivity index (χ2v) is 7.79. The third kappa shape index (κ3) is 5.36. The van der Waals surface area contributed by atoms with E-state index in [1.807, 2.05) is 7.05 Å². The molecule has 0 aromatic heterocycles. The fourth-order valence-electron chi connectivity index (χ4n) is 2.91. The van der Waals surface area contributed by atoms with Gasteiger partial charge in [0.15, 0.2) is 5.96 Å². The van der Waals surface area contributed by atoms with Gasteiger partial charge in [0.2, 0.25) is 0 Å². The lowest BCUT2D eigenvalue weighted by molar-refractivity contribution is 0.197. The SMILES string of the molecule is CN=C(NCC(C)(C)N(C)C)NC(C)c1cccc(N2CCCC2)c1. The molecule has 2 N–H and O–H groups in total. The van der Waals surface area contributed by atoms with Gasteiger partial charge in [0.1, 0.15) is 0 Å². The molecule has 1 fully saturated rings. The molecule has 1 unspecified atom stereocenters. The zero-order chi connectivity index (χ0) is 18.4. The van der Waals surface area contributed by atoms with Gasteiger partial charge in [-0.3, -0.25) is 4.99 Å². The maximum Gasteiger partial charge on any atom is 0.191 e. The molecular formula is C20H35N5. The second kappa shape index (κ2) is 8.56. The number of likely N-dealkylation sites (N-methyl/N-ethyl adjacent to an activating group) is 1. The average Bonchev–Trinajstić information content (AvgIpc) is 3.13. The summed E-state index contributed by atoms with van der Waals surface area (Å²) in [6.07, 6.45) is 2.60. The fourth-order valence-corrected chi connectivity index (χ4v) is 2.91. The van der Waals surface area contributed by atoms with Gasteiger partial charge in [0.05, 0.1) is 6.04 Å². The smallest absolute Gasteiger partial charge is 0.191 e. The Labute approximate surface area is 153 Å². The predicted octanol–water partition coefficient (Wildman–Crippen LogP) is 2.85. The first-order chi connectivity index (χ1) is 11.8. The Morgan fingerprint density at radius 2 is 1.96 bits per heavy atom. The van der Waals surface area contributed by atoms with Crippen LogP contribution in [0.3, 0.4) is 0 Å². The van der Waals surface area contributed by atoms with Crippen LogP contribution in [0, 0.1) is 0 Å². The molecule has 0 saturated carbocycles. The van der Waals surface area contributed by atoms with Gasteiger partial charge in [-0.25, -0.2) is 0 Å². The largest absolute Gasteiger partial charge is 0.372 e. The van der Waals surface area contributed by atoms with Crippen molar-refractivity contribution < 1.29 is 0 Å². The van der Waals surface area contributed by atoms with Crippen LogP contribution < -0.4 is 15.5 Å². The summed E-state index contributed by atoms with van der Waals surface area (Å²) in [5, 5.41) is 6.96. The van der Waals surface area contributed by atoms with E-state index in [0.29, 0.717) is 0 Å². The molecule has 0 bridgehead atoms. The Morgan fingerprint density at radius 3 is 2.56 bits per heavy atom. The quantitative estimate of drug-likeness (QED) is 0.615. The third-order valence-corrected chi connectivity index (χ3v) is 5.32. The van der Waals surface area contributed by atoms with Crippen molar-refractivity contribution in [1.29, 1.82) is 0 Å². The summed E-state index contributed by atoms with van der Waals surface area (Å²) in [4.78, 5) is 9.07. The molecule has 0 amide bonds. The highest BCUT2D eigenvalue weighted by atomic mass is 15.2. The zero-order valence-electron chi connectivity index (χ0n) is 16.8. The minimum absolute atomic E-state index is 0.0660. The highest BCUT2D eigenvalue weighted by Crippen LogP contribution is 2.23. The average molecular weight is 346 g/mol. The number of nitrogens with one attached hydrogen (secondary N) is 2. The van der Waals surface area contributed by atoms with Crippen molar-refractivity contribution in [2.45, 2.75) is 45.2 Å². The summed E-state index contributed by atoms with van der Waals surface area (Å²) < 4.78 is 0. The van der Waals surface area contributed by atoms with Crippen LogP contribution in [0.2, 0.25) is 0 Å². The van der Waals surface area contributed by atoms with E-state index in [2.05, 4.69) is 84.6 Å². The van der Waals surface area contributed by atoms with E-state index in [9.17, 15) is 0 Å². The molecule has 1 aliphatic rings. The van der Waals surface area contributed by atoms with E-state index in [-0.39, 0.29) is 11.6 Å². The van der Waals surface area contributed by atoms with E-state index in [1.165, 1.54) is 37.2 Å². The molecule has 5 nitrogen and oxygen atoms in total. The maximum absolute atomic E-state index is 4.38. The minimum Gasteiger partial charge on any atom is -0.372 e. The van der Waals surface area contributed by atoms with Gasteiger partial charge in [-0.2, -0.15) is 0 Å². The van der Waals surface area contributed by atoms with E-state index >= 15 is 0 Å². The standard InChI is InChI=1S/C20H35N5/c1-16(23-19(21-4)22-15-20(2,3)24(5)6)17-10-9-11-18(14-17)25-12-7-8-13-25/h9-11,14,16H,7-8,12-13,15H2,1-6H3,(H2,21,22,23). The van der Waals surface area contributed by atoms with Crippen LogP contribution in [-0.4, -0.2) is 57.2 Å².